The molecule has 1 N–H and O–H groups in total. The van der Waals surface area contributed by atoms with Gasteiger partial charge in [0.1, 0.15) is 12.3 Å². The fourth-order valence-electron chi connectivity index (χ4n) is 2.11. The van der Waals surface area contributed by atoms with Crippen molar-refractivity contribution in [1.29, 1.82) is 0 Å². The molecular weight excluding hydrogens is 324 g/mol. The van der Waals surface area contributed by atoms with Gasteiger partial charge in [-0.15, -0.1) is 0 Å². The predicted octanol–water partition coefficient (Wildman–Crippen LogP) is 1.62. The van der Waals surface area contributed by atoms with E-state index in [2.05, 4.69) is 10.1 Å². The van der Waals surface area contributed by atoms with Gasteiger partial charge in [0.05, 0.1) is 19.8 Å². The topological polar surface area (TPSA) is 84.9 Å². The Labute approximate surface area is 148 Å². The van der Waals surface area contributed by atoms with Crippen molar-refractivity contribution in [3.8, 4) is 5.75 Å². The fraction of sp³-hybridized carbons (Fsp3) is 0.500. The Morgan fingerprint density at radius 3 is 2.32 bits per heavy atom. The molecular formula is C18H26N2O5. The standard InChI is InChI=1S/C18H26N2O5/c1-5-10-20(12-17(22)24-4)16(21)11-19-18(23)14-6-8-15(9-7-14)25-13(2)3/h6-9,13H,5,10-12H2,1-4H3,(H,19,23). The number of carbonyl (C=O) groups is 3. The number of nitrogens with one attached hydrogen (secondary N) is 1. The van der Waals surface area contributed by atoms with Crippen LogP contribution in [0.2, 0.25) is 0 Å². The second kappa shape index (κ2) is 10.3. The molecule has 0 aromatic heterocycles. The molecule has 1 rings (SSSR count). The molecule has 1 aromatic rings. The maximum absolute atomic E-state index is 12.2. The van der Waals surface area contributed by atoms with Gasteiger partial charge in [0.2, 0.25) is 5.91 Å². The average molecular weight is 350 g/mol. The van der Waals surface area contributed by atoms with Crippen molar-refractivity contribution in [3.63, 3.8) is 0 Å². The highest BCUT2D eigenvalue weighted by Gasteiger charge is 2.17. The van der Waals surface area contributed by atoms with Crippen molar-refractivity contribution in [2.24, 2.45) is 0 Å². The molecule has 1 aromatic carbocycles. The highest BCUT2D eigenvalue weighted by molar-refractivity contribution is 5.96. The SMILES string of the molecule is CCCN(CC(=O)OC)C(=O)CNC(=O)c1ccc(OC(C)C)cc1. The largest absolute Gasteiger partial charge is 0.491 e. The van der Waals surface area contributed by atoms with Crippen LogP contribution in [0.25, 0.3) is 0 Å². The Bertz CT molecular complexity index is 584. The van der Waals surface area contributed by atoms with E-state index in [0.717, 1.165) is 0 Å². The van der Waals surface area contributed by atoms with Gasteiger partial charge in [-0.05, 0) is 44.5 Å². The van der Waals surface area contributed by atoms with Crippen molar-refractivity contribution in [3.05, 3.63) is 29.8 Å². The normalized spacial score (nSPS) is 10.3. The molecule has 0 bridgehead atoms. The Morgan fingerprint density at radius 2 is 1.80 bits per heavy atom. The van der Waals surface area contributed by atoms with E-state index in [1.165, 1.54) is 12.0 Å². The van der Waals surface area contributed by atoms with Crippen molar-refractivity contribution < 1.29 is 23.9 Å². The van der Waals surface area contributed by atoms with Crippen LogP contribution in [-0.2, 0) is 14.3 Å². The summed E-state index contributed by atoms with van der Waals surface area (Å²) in [5, 5.41) is 2.57. The van der Waals surface area contributed by atoms with E-state index in [4.69, 9.17) is 4.74 Å². The number of amides is 2. The van der Waals surface area contributed by atoms with Gasteiger partial charge >= 0.3 is 5.97 Å². The summed E-state index contributed by atoms with van der Waals surface area (Å²) in [5.41, 5.74) is 0.430. The van der Waals surface area contributed by atoms with Crippen molar-refractivity contribution in [2.45, 2.75) is 33.3 Å². The van der Waals surface area contributed by atoms with Gasteiger partial charge in [-0.25, -0.2) is 0 Å². The number of hydrogen-bond donors (Lipinski definition) is 1. The molecule has 0 aliphatic rings. The molecule has 0 radical (unpaired) electrons. The number of benzene rings is 1. The quantitative estimate of drug-likeness (QED) is 0.684. The lowest BCUT2D eigenvalue weighted by atomic mass is 10.2. The first kappa shape index (κ1) is 20.5. The van der Waals surface area contributed by atoms with Crippen molar-refractivity contribution >= 4 is 17.8 Å². The van der Waals surface area contributed by atoms with Gasteiger partial charge in [0.15, 0.2) is 0 Å². The third-order valence-electron chi connectivity index (χ3n) is 3.28. The maximum Gasteiger partial charge on any atom is 0.325 e. The summed E-state index contributed by atoms with van der Waals surface area (Å²) in [4.78, 5) is 37.0. The highest BCUT2D eigenvalue weighted by atomic mass is 16.5. The number of esters is 1. The zero-order valence-electron chi connectivity index (χ0n) is 15.2. The first-order chi connectivity index (χ1) is 11.9. The smallest absolute Gasteiger partial charge is 0.325 e. The molecule has 0 aliphatic carbocycles. The van der Waals surface area contributed by atoms with Crippen molar-refractivity contribution in [1.82, 2.24) is 10.2 Å². The van der Waals surface area contributed by atoms with Gasteiger partial charge in [0.25, 0.3) is 5.91 Å². The summed E-state index contributed by atoms with van der Waals surface area (Å²) in [6.45, 7) is 5.85. The van der Waals surface area contributed by atoms with E-state index in [9.17, 15) is 14.4 Å². The first-order valence-corrected chi connectivity index (χ1v) is 8.26. The predicted molar refractivity (Wildman–Crippen MR) is 93.4 cm³/mol. The number of hydrogen-bond acceptors (Lipinski definition) is 5. The minimum Gasteiger partial charge on any atom is -0.491 e. The summed E-state index contributed by atoms with van der Waals surface area (Å²) in [6, 6.07) is 6.68. The Balaban J connectivity index is 2.58. The molecule has 2 amide bonds. The lowest BCUT2D eigenvalue weighted by molar-refractivity contribution is -0.146. The third-order valence-corrected chi connectivity index (χ3v) is 3.28. The van der Waals surface area contributed by atoms with Gasteiger partial charge < -0.3 is 19.7 Å². The minimum absolute atomic E-state index is 0.0525. The Morgan fingerprint density at radius 1 is 1.16 bits per heavy atom. The summed E-state index contributed by atoms with van der Waals surface area (Å²) in [5.74, 6) is -0.511. The van der Waals surface area contributed by atoms with Crippen LogP contribution in [0.1, 0.15) is 37.6 Å². The zero-order valence-corrected chi connectivity index (χ0v) is 15.2. The average Bonchev–Trinajstić information content (AvgIpc) is 2.58. The number of carbonyl (C=O) groups excluding carboxylic acids is 3. The van der Waals surface area contributed by atoms with E-state index < -0.39 is 5.97 Å². The van der Waals surface area contributed by atoms with Gasteiger partial charge in [0, 0.05) is 12.1 Å². The van der Waals surface area contributed by atoms with Crippen molar-refractivity contribution in [2.75, 3.05) is 26.7 Å². The van der Waals surface area contributed by atoms with Gasteiger partial charge in [-0.1, -0.05) is 6.92 Å². The molecule has 0 fully saturated rings. The molecule has 0 saturated heterocycles. The number of methoxy groups -OCH3 is 1. The molecule has 7 nitrogen and oxygen atoms in total. The molecule has 0 atom stereocenters. The van der Waals surface area contributed by atoms with Crippen LogP contribution in [0.3, 0.4) is 0 Å². The third kappa shape index (κ3) is 7.24. The summed E-state index contributed by atoms with van der Waals surface area (Å²) >= 11 is 0. The van der Waals surface area contributed by atoms with E-state index in [0.29, 0.717) is 24.3 Å². The van der Waals surface area contributed by atoms with Crippen LogP contribution in [0.4, 0.5) is 0 Å². The lowest BCUT2D eigenvalue weighted by Gasteiger charge is -2.20. The maximum atomic E-state index is 12.2. The van der Waals surface area contributed by atoms with E-state index in [-0.39, 0.29) is 31.0 Å². The van der Waals surface area contributed by atoms with Crippen LogP contribution in [-0.4, -0.2) is 55.5 Å². The molecule has 138 valence electrons. The van der Waals surface area contributed by atoms with Crippen LogP contribution >= 0.6 is 0 Å². The monoisotopic (exact) mass is 350 g/mol. The summed E-state index contributed by atoms with van der Waals surface area (Å²) in [6.07, 6.45) is 0.755. The van der Waals surface area contributed by atoms with Gasteiger partial charge in [-0.3, -0.25) is 14.4 Å². The molecule has 0 unspecified atom stereocenters. The van der Waals surface area contributed by atoms with Gasteiger partial charge in [-0.2, -0.15) is 0 Å². The molecule has 0 heterocycles. The highest BCUT2D eigenvalue weighted by Crippen LogP contribution is 2.13. The lowest BCUT2D eigenvalue weighted by Crippen LogP contribution is -2.43. The Hall–Kier alpha value is -2.57. The molecule has 25 heavy (non-hydrogen) atoms. The molecule has 0 saturated carbocycles. The number of ether oxygens (including phenoxy) is 2. The van der Waals surface area contributed by atoms with E-state index in [1.807, 2.05) is 20.8 Å². The fourth-order valence-corrected chi connectivity index (χ4v) is 2.11. The van der Waals surface area contributed by atoms with E-state index in [1.54, 1.807) is 24.3 Å². The second-order valence-corrected chi connectivity index (χ2v) is 5.77. The minimum atomic E-state index is -0.492. The van der Waals surface area contributed by atoms with Crippen LogP contribution in [0, 0.1) is 0 Å². The van der Waals surface area contributed by atoms with Crippen LogP contribution < -0.4 is 10.1 Å². The number of rotatable bonds is 9. The summed E-state index contributed by atoms with van der Waals surface area (Å²) in [7, 11) is 1.27. The zero-order chi connectivity index (χ0) is 18.8. The second-order valence-electron chi connectivity index (χ2n) is 5.77. The molecule has 7 heteroatoms. The Kier molecular flexibility index (Phi) is 8.46. The van der Waals surface area contributed by atoms with Crippen LogP contribution in [0.5, 0.6) is 5.75 Å². The molecule has 0 aliphatic heterocycles. The van der Waals surface area contributed by atoms with Crippen LogP contribution in [0.15, 0.2) is 24.3 Å². The summed E-state index contributed by atoms with van der Waals surface area (Å²) < 4.78 is 10.1. The molecule has 0 spiro atoms. The first-order valence-electron chi connectivity index (χ1n) is 8.26. The van der Waals surface area contributed by atoms with E-state index >= 15 is 0 Å². The number of nitrogens with zero attached hydrogens (tertiary/aromatic N) is 1.